The predicted molar refractivity (Wildman–Crippen MR) is 73.6 cm³/mol. The lowest BCUT2D eigenvalue weighted by atomic mass is 10.2. The SMILES string of the molecule is COc1ccc(NCC2CN3CCCC3CO2)nc1. The molecule has 2 saturated heterocycles. The average molecular weight is 263 g/mol. The van der Waals surface area contributed by atoms with Crippen LogP contribution in [-0.4, -0.2) is 55.4 Å². The van der Waals surface area contributed by atoms with Crippen molar-refractivity contribution in [2.24, 2.45) is 0 Å². The van der Waals surface area contributed by atoms with Gasteiger partial charge in [0.15, 0.2) is 0 Å². The number of hydrogen-bond acceptors (Lipinski definition) is 5. The smallest absolute Gasteiger partial charge is 0.137 e. The van der Waals surface area contributed by atoms with Crippen molar-refractivity contribution in [3.05, 3.63) is 18.3 Å². The standard InChI is InChI=1S/C14H21N3O2/c1-18-12-4-5-14(15-7-12)16-8-13-9-17-6-2-3-11(17)10-19-13/h4-5,7,11,13H,2-3,6,8-10H2,1H3,(H,15,16). The Bertz CT molecular complexity index is 410. The molecule has 1 aromatic heterocycles. The van der Waals surface area contributed by atoms with Crippen LogP contribution in [-0.2, 0) is 4.74 Å². The van der Waals surface area contributed by atoms with E-state index in [9.17, 15) is 0 Å². The number of methoxy groups -OCH3 is 1. The molecule has 0 amide bonds. The van der Waals surface area contributed by atoms with Crippen LogP contribution in [0.5, 0.6) is 5.75 Å². The van der Waals surface area contributed by atoms with Crippen LogP contribution in [0.3, 0.4) is 0 Å². The van der Waals surface area contributed by atoms with Crippen LogP contribution in [0, 0.1) is 0 Å². The van der Waals surface area contributed by atoms with Gasteiger partial charge in [-0.3, -0.25) is 4.90 Å². The average Bonchev–Trinajstić information content (AvgIpc) is 2.93. The Morgan fingerprint density at radius 2 is 2.47 bits per heavy atom. The fraction of sp³-hybridized carbons (Fsp3) is 0.643. The summed E-state index contributed by atoms with van der Waals surface area (Å²) in [6, 6.07) is 4.50. The molecule has 19 heavy (non-hydrogen) atoms. The van der Waals surface area contributed by atoms with Crippen molar-refractivity contribution in [2.75, 3.05) is 38.7 Å². The predicted octanol–water partition coefficient (Wildman–Crippen LogP) is 1.37. The minimum atomic E-state index is 0.262. The highest BCUT2D eigenvalue weighted by Gasteiger charge is 2.31. The third kappa shape index (κ3) is 2.98. The van der Waals surface area contributed by atoms with Crippen LogP contribution in [0.2, 0.25) is 0 Å². The van der Waals surface area contributed by atoms with E-state index in [2.05, 4.69) is 15.2 Å². The molecule has 2 aliphatic rings. The van der Waals surface area contributed by atoms with E-state index < -0.39 is 0 Å². The summed E-state index contributed by atoms with van der Waals surface area (Å²) in [7, 11) is 1.65. The number of nitrogens with one attached hydrogen (secondary N) is 1. The number of rotatable bonds is 4. The Hall–Kier alpha value is -1.33. The van der Waals surface area contributed by atoms with Crippen LogP contribution in [0.4, 0.5) is 5.82 Å². The molecule has 5 nitrogen and oxygen atoms in total. The van der Waals surface area contributed by atoms with Crippen molar-refractivity contribution >= 4 is 5.82 Å². The second-order valence-electron chi connectivity index (χ2n) is 5.21. The van der Waals surface area contributed by atoms with Gasteiger partial charge in [-0.2, -0.15) is 0 Å². The monoisotopic (exact) mass is 263 g/mol. The lowest BCUT2D eigenvalue weighted by Crippen LogP contribution is -2.48. The largest absolute Gasteiger partial charge is 0.495 e. The molecule has 2 unspecified atom stereocenters. The van der Waals surface area contributed by atoms with Crippen LogP contribution in [0.15, 0.2) is 18.3 Å². The number of fused-ring (bicyclic) bond motifs is 1. The molecule has 0 saturated carbocycles. The molecule has 0 bridgehead atoms. The first-order valence-electron chi connectivity index (χ1n) is 6.95. The van der Waals surface area contributed by atoms with Crippen LogP contribution < -0.4 is 10.1 Å². The Kier molecular flexibility index (Phi) is 3.84. The van der Waals surface area contributed by atoms with Crippen molar-refractivity contribution in [1.82, 2.24) is 9.88 Å². The molecule has 104 valence electrons. The van der Waals surface area contributed by atoms with E-state index in [1.165, 1.54) is 19.4 Å². The molecule has 5 heteroatoms. The van der Waals surface area contributed by atoms with Gasteiger partial charge in [-0.05, 0) is 31.5 Å². The Morgan fingerprint density at radius 3 is 3.26 bits per heavy atom. The van der Waals surface area contributed by atoms with Gasteiger partial charge in [0.1, 0.15) is 11.6 Å². The first-order chi connectivity index (χ1) is 9.35. The zero-order valence-electron chi connectivity index (χ0n) is 11.3. The normalized spacial score (nSPS) is 27.0. The van der Waals surface area contributed by atoms with Gasteiger partial charge in [0.25, 0.3) is 0 Å². The van der Waals surface area contributed by atoms with Crippen molar-refractivity contribution in [3.8, 4) is 5.75 Å². The minimum absolute atomic E-state index is 0.262. The van der Waals surface area contributed by atoms with Gasteiger partial charge in [-0.15, -0.1) is 0 Å². The van der Waals surface area contributed by atoms with E-state index in [0.29, 0.717) is 6.04 Å². The molecular weight excluding hydrogens is 242 g/mol. The van der Waals surface area contributed by atoms with Crippen LogP contribution >= 0.6 is 0 Å². The zero-order valence-corrected chi connectivity index (χ0v) is 11.3. The van der Waals surface area contributed by atoms with Crippen LogP contribution in [0.25, 0.3) is 0 Å². The van der Waals surface area contributed by atoms with Gasteiger partial charge in [0.05, 0.1) is 26.0 Å². The van der Waals surface area contributed by atoms with Crippen molar-refractivity contribution < 1.29 is 9.47 Å². The molecule has 3 heterocycles. The number of aromatic nitrogens is 1. The third-order valence-corrected chi connectivity index (χ3v) is 3.94. The number of morpholine rings is 1. The Labute approximate surface area is 113 Å². The zero-order chi connectivity index (χ0) is 13.1. The lowest BCUT2D eigenvalue weighted by molar-refractivity contribution is -0.0416. The van der Waals surface area contributed by atoms with E-state index in [-0.39, 0.29) is 6.10 Å². The fourth-order valence-electron chi connectivity index (χ4n) is 2.83. The van der Waals surface area contributed by atoms with E-state index in [1.807, 2.05) is 12.1 Å². The highest BCUT2D eigenvalue weighted by Crippen LogP contribution is 2.22. The number of nitrogens with zero attached hydrogens (tertiary/aromatic N) is 2. The fourth-order valence-corrected chi connectivity index (χ4v) is 2.83. The Morgan fingerprint density at radius 1 is 1.53 bits per heavy atom. The first kappa shape index (κ1) is 12.7. The molecule has 1 aromatic rings. The Balaban J connectivity index is 1.49. The second-order valence-corrected chi connectivity index (χ2v) is 5.21. The summed E-state index contributed by atoms with van der Waals surface area (Å²) in [5.41, 5.74) is 0. The molecule has 2 aliphatic heterocycles. The van der Waals surface area contributed by atoms with E-state index in [4.69, 9.17) is 9.47 Å². The molecule has 2 fully saturated rings. The number of pyridine rings is 1. The van der Waals surface area contributed by atoms with Gasteiger partial charge in [-0.25, -0.2) is 4.98 Å². The van der Waals surface area contributed by atoms with Gasteiger partial charge < -0.3 is 14.8 Å². The van der Waals surface area contributed by atoms with Gasteiger partial charge in [0.2, 0.25) is 0 Å². The van der Waals surface area contributed by atoms with Crippen molar-refractivity contribution in [2.45, 2.75) is 25.0 Å². The first-order valence-corrected chi connectivity index (χ1v) is 6.95. The maximum absolute atomic E-state index is 5.90. The highest BCUT2D eigenvalue weighted by atomic mass is 16.5. The number of anilines is 1. The molecule has 2 atom stereocenters. The van der Waals surface area contributed by atoms with E-state index >= 15 is 0 Å². The third-order valence-electron chi connectivity index (χ3n) is 3.94. The summed E-state index contributed by atoms with van der Waals surface area (Å²) in [5.74, 6) is 1.65. The second kappa shape index (κ2) is 5.75. The molecule has 0 aliphatic carbocycles. The van der Waals surface area contributed by atoms with Crippen LogP contribution in [0.1, 0.15) is 12.8 Å². The summed E-state index contributed by atoms with van der Waals surface area (Å²) in [5, 5.41) is 3.33. The molecule has 3 rings (SSSR count). The lowest BCUT2D eigenvalue weighted by Gasteiger charge is -2.35. The van der Waals surface area contributed by atoms with Crippen molar-refractivity contribution in [1.29, 1.82) is 0 Å². The summed E-state index contributed by atoms with van der Waals surface area (Å²) in [6.45, 7) is 3.95. The van der Waals surface area contributed by atoms with Crippen molar-refractivity contribution in [3.63, 3.8) is 0 Å². The molecule has 0 spiro atoms. The quantitative estimate of drug-likeness (QED) is 0.889. The van der Waals surface area contributed by atoms with E-state index in [0.717, 1.165) is 31.3 Å². The molecule has 0 radical (unpaired) electrons. The highest BCUT2D eigenvalue weighted by molar-refractivity contribution is 5.37. The van der Waals surface area contributed by atoms with Gasteiger partial charge in [-0.1, -0.05) is 0 Å². The van der Waals surface area contributed by atoms with Gasteiger partial charge >= 0.3 is 0 Å². The van der Waals surface area contributed by atoms with Gasteiger partial charge in [0, 0.05) is 19.1 Å². The summed E-state index contributed by atoms with van der Waals surface area (Å²) in [6.07, 6.45) is 4.59. The maximum Gasteiger partial charge on any atom is 0.137 e. The number of hydrogen-bond donors (Lipinski definition) is 1. The molecule has 1 N–H and O–H groups in total. The molecule has 0 aromatic carbocycles. The molecular formula is C14H21N3O2. The topological polar surface area (TPSA) is 46.6 Å². The number of ether oxygens (including phenoxy) is 2. The summed E-state index contributed by atoms with van der Waals surface area (Å²) < 4.78 is 11.0. The van der Waals surface area contributed by atoms with E-state index in [1.54, 1.807) is 13.3 Å². The maximum atomic E-state index is 5.90. The minimum Gasteiger partial charge on any atom is -0.495 e. The summed E-state index contributed by atoms with van der Waals surface area (Å²) in [4.78, 5) is 6.85. The summed E-state index contributed by atoms with van der Waals surface area (Å²) >= 11 is 0.